The fraction of sp³-hybridized carbons (Fsp3) is 0.533. The van der Waals surface area contributed by atoms with E-state index in [0.717, 1.165) is 36.0 Å². The van der Waals surface area contributed by atoms with E-state index < -0.39 is 5.97 Å². The zero-order chi connectivity index (χ0) is 14.6. The molecular formula is C15H22O4. The van der Waals surface area contributed by atoms with E-state index in [1.54, 1.807) is 0 Å². The average Bonchev–Trinajstić information content (AvgIpc) is 2.34. The molecule has 106 valence electrons. The second-order valence-corrected chi connectivity index (χ2v) is 4.64. The largest absolute Gasteiger partial charge is 0.504 e. The Morgan fingerprint density at radius 1 is 1.16 bits per heavy atom. The van der Waals surface area contributed by atoms with E-state index >= 15 is 0 Å². The highest BCUT2D eigenvalue weighted by Gasteiger charge is 2.25. The normalized spacial score (nSPS) is 10.5. The molecule has 0 atom stereocenters. The van der Waals surface area contributed by atoms with Crippen LogP contribution in [-0.4, -0.2) is 23.3 Å². The maximum atomic E-state index is 11.4. The van der Waals surface area contributed by atoms with Gasteiger partial charge in [0.05, 0.1) is 7.11 Å². The van der Waals surface area contributed by atoms with E-state index in [9.17, 15) is 15.0 Å². The molecule has 0 bridgehead atoms. The molecule has 0 radical (unpaired) electrons. The molecule has 0 spiro atoms. The minimum Gasteiger partial charge on any atom is -0.504 e. The van der Waals surface area contributed by atoms with Crippen molar-refractivity contribution in [2.75, 3.05) is 7.11 Å². The van der Waals surface area contributed by atoms with Crippen LogP contribution in [0.2, 0.25) is 0 Å². The zero-order valence-corrected chi connectivity index (χ0v) is 12.0. The summed E-state index contributed by atoms with van der Waals surface area (Å²) in [4.78, 5) is 11.4. The minimum absolute atomic E-state index is 0.00671. The Morgan fingerprint density at radius 3 is 2.11 bits per heavy atom. The van der Waals surface area contributed by atoms with Gasteiger partial charge in [-0.3, -0.25) is 0 Å². The number of hydrogen-bond acceptors (Lipinski definition) is 3. The van der Waals surface area contributed by atoms with Crippen molar-refractivity contribution in [2.45, 2.75) is 46.5 Å². The van der Waals surface area contributed by atoms with Gasteiger partial charge in [-0.2, -0.15) is 0 Å². The van der Waals surface area contributed by atoms with Crippen molar-refractivity contribution in [1.29, 1.82) is 0 Å². The zero-order valence-electron chi connectivity index (χ0n) is 12.0. The highest BCUT2D eigenvalue weighted by Crippen LogP contribution is 2.40. The molecule has 1 aromatic carbocycles. The molecule has 0 heterocycles. The van der Waals surface area contributed by atoms with Crippen LogP contribution in [0.1, 0.15) is 53.7 Å². The number of hydrogen-bond donors (Lipinski definition) is 2. The first kappa shape index (κ1) is 15.3. The topological polar surface area (TPSA) is 66.8 Å². The maximum Gasteiger partial charge on any atom is 0.339 e. The molecule has 4 nitrogen and oxygen atoms in total. The predicted molar refractivity (Wildman–Crippen MR) is 74.3 cm³/mol. The summed E-state index contributed by atoms with van der Waals surface area (Å²) in [5.41, 5.74) is 2.58. The smallest absolute Gasteiger partial charge is 0.339 e. The Bertz CT molecular complexity index is 478. The minimum atomic E-state index is -1.10. The summed E-state index contributed by atoms with van der Waals surface area (Å²) in [6.07, 6.45) is 3.19. The van der Waals surface area contributed by atoms with Crippen LogP contribution in [0, 0.1) is 6.92 Å². The Kier molecular flexibility index (Phi) is 5.21. The Morgan fingerprint density at radius 2 is 1.68 bits per heavy atom. The summed E-state index contributed by atoms with van der Waals surface area (Å²) < 4.78 is 5.17. The van der Waals surface area contributed by atoms with E-state index in [1.165, 1.54) is 7.11 Å². The monoisotopic (exact) mass is 266 g/mol. The Balaban J connectivity index is 3.67. The quantitative estimate of drug-likeness (QED) is 0.829. The number of carbonyl (C=O) groups is 1. The summed E-state index contributed by atoms with van der Waals surface area (Å²) in [5.74, 6) is -1.08. The molecule has 0 aliphatic carbocycles. The number of ether oxygens (including phenoxy) is 1. The van der Waals surface area contributed by atoms with Gasteiger partial charge in [0.15, 0.2) is 11.5 Å². The van der Waals surface area contributed by atoms with Gasteiger partial charge in [-0.15, -0.1) is 0 Å². The number of aromatic carboxylic acids is 1. The molecule has 0 saturated heterocycles. The van der Waals surface area contributed by atoms with E-state index in [2.05, 4.69) is 6.92 Å². The molecule has 0 saturated carbocycles. The number of aromatic hydroxyl groups is 1. The molecule has 0 unspecified atom stereocenters. The van der Waals surface area contributed by atoms with Gasteiger partial charge < -0.3 is 14.9 Å². The summed E-state index contributed by atoms with van der Waals surface area (Å²) in [5, 5.41) is 19.5. The molecule has 0 fully saturated rings. The van der Waals surface area contributed by atoms with Crippen molar-refractivity contribution in [3.63, 3.8) is 0 Å². The number of rotatable bonds is 6. The van der Waals surface area contributed by atoms with Crippen molar-refractivity contribution in [2.24, 2.45) is 0 Å². The molecule has 2 N–H and O–H groups in total. The van der Waals surface area contributed by atoms with Crippen molar-refractivity contribution < 1.29 is 19.7 Å². The van der Waals surface area contributed by atoms with Crippen LogP contribution in [-0.2, 0) is 12.8 Å². The molecule has 4 heteroatoms. The molecule has 0 aliphatic heterocycles. The molecular weight excluding hydrogens is 244 g/mol. The third-order valence-electron chi connectivity index (χ3n) is 3.33. The average molecular weight is 266 g/mol. The van der Waals surface area contributed by atoms with E-state index in [-0.39, 0.29) is 17.1 Å². The molecule has 0 aliphatic rings. The first-order valence-corrected chi connectivity index (χ1v) is 6.64. The first-order chi connectivity index (χ1) is 8.99. The standard InChI is InChI=1S/C15H22O4/c1-5-7-10-9(3)14(19-4)13(16)12(15(17)18)11(10)8-6-2/h16H,5-8H2,1-4H3,(H,17,18). The summed E-state index contributed by atoms with van der Waals surface area (Å²) in [6, 6.07) is 0. The van der Waals surface area contributed by atoms with Gasteiger partial charge in [0.1, 0.15) is 5.56 Å². The van der Waals surface area contributed by atoms with Crippen LogP contribution >= 0.6 is 0 Å². The van der Waals surface area contributed by atoms with Gasteiger partial charge in [0, 0.05) is 0 Å². The summed E-state index contributed by atoms with van der Waals surface area (Å²) in [6.45, 7) is 5.92. The molecule has 1 aromatic rings. The lowest BCUT2D eigenvalue weighted by molar-refractivity contribution is 0.0691. The lowest BCUT2D eigenvalue weighted by Gasteiger charge is -2.19. The van der Waals surface area contributed by atoms with E-state index in [4.69, 9.17) is 4.74 Å². The van der Waals surface area contributed by atoms with Gasteiger partial charge in [0.2, 0.25) is 0 Å². The molecule has 0 amide bonds. The van der Waals surface area contributed by atoms with Crippen LogP contribution in [0.15, 0.2) is 0 Å². The van der Waals surface area contributed by atoms with E-state index in [0.29, 0.717) is 6.42 Å². The number of carboxylic acid groups (broad SMARTS) is 1. The summed E-state index contributed by atoms with van der Waals surface area (Å²) in [7, 11) is 1.45. The second kappa shape index (κ2) is 6.45. The van der Waals surface area contributed by atoms with Gasteiger partial charge in [-0.25, -0.2) is 4.79 Å². The van der Waals surface area contributed by atoms with Crippen LogP contribution in [0.4, 0.5) is 0 Å². The number of carboxylic acids is 1. The highest BCUT2D eigenvalue weighted by molar-refractivity contribution is 5.94. The fourth-order valence-corrected chi connectivity index (χ4v) is 2.54. The fourth-order valence-electron chi connectivity index (χ4n) is 2.54. The van der Waals surface area contributed by atoms with Crippen molar-refractivity contribution in [3.05, 3.63) is 22.3 Å². The Labute approximate surface area is 114 Å². The maximum absolute atomic E-state index is 11.4. The van der Waals surface area contributed by atoms with Crippen molar-refractivity contribution in [3.8, 4) is 11.5 Å². The predicted octanol–water partition coefficient (Wildman–Crippen LogP) is 3.31. The number of methoxy groups -OCH3 is 1. The van der Waals surface area contributed by atoms with Crippen LogP contribution < -0.4 is 4.74 Å². The van der Waals surface area contributed by atoms with Gasteiger partial charge in [0.25, 0.3) is 0 Å². The van der Waals surface area contributed by atoms with Crippen LogP contribution in [0.5, 0.6) is 11.5 Å². The van der Waals surface area contributed by atoms with Gasteiger partial charge in [-0.1, -0.05) is 26.7 Å². The first-order valence-electron chi connectivity index (χ1n) is 6.64. The van der Waals surface area contributed by atoms with Crippen molar-refractivity contribution >= 4 is 5.97 Å². The summed E-state index contributed by atoms with van der Waals surface area (Å²) >= 11 is 0. The molecule has 0 aromatic heterocycles. The second-order valence-electron chi connectivity index (χ2n) is 4.64. The number of phenols is 1. The highest BCUT2D eigenvalue weighted by atomic mass is 16.5. The molecule has 1 rings (SSSR count). The van der Waals surface area contributed by atoms with Gasteiger partial charge >= 0.3 is 5.97 Å². The van der Waals surface area contributed by atoms with E-state index in [1.807, 2.05) is 13.8 Å². The SMILES string of the molecule is CCCc1c(C)c(OC)c(O)c(C(=O)O)c1CCC. The lowest BCUT2D eigenvalue weighted by atomic mass is 9.89. The van der Waals surface area contributed by atoms with Crippen LogP contribution in [0.25, 0.3) is 0 Å². The van der Waals surface area contributed by atoms with Crippen LogP contribution in [0.3, 0.4) is 0 Å². The van der Waals surface area contributed by atoms with Crippen molar-refractivity contribution in [1.82, 2.24) is 0 Å². The third-order valence-corrected chi connectivity index (χ3v) is 3.33. The molecule has 19 heavy (non-hydrogen) atoms. The third kappa shape index (κ3) is 2.83. The number of benzene rings is 1. The lowest BCUT2D eigenvalue weighted by Crippen LogP contribution is -2.10. The Hall–Kier alpha value is -1.71. The van der Waals surface area contributed by atoms with Gasteiger partial charge in [-0.05, 0) is 36.5 Å².